The van der Waals surface area contributed by atoms with E-state index in [0.717, 1.165) is 28.2 Å². The van der Waals surface area contributed by atoms with Crippen LogP contribution >= 0.6 is 0 Å². The van der Waals surface area contributed by atoms with Gasteiger partial charge in [-0.05, 0) is 24.3 Å². The van der Waals surface area contributed by atoms with Crippen molar-refractivity contribution in [3.05, 3.63) is 78.0 Å². The third-order valence-electron chi connectivity index (χ3n) is 3.36. The first kappa shape index (κ1) is 14.8. The summed E-state index contributed by atoms with van der Waals surface area (Å²) in [5.74, 6) is -0.365. The Bertz CT molecular complexity index is 871. The lowest BCUT2D eigenvalue weighted by Crippen LogP contribution is -1.99. The summed E-state index contributed by atoms with van der Waals surface area (Å²) in [4.78, 5) is 15.2. The van der Waals surface area contributed by atoms with Crippen LogP contribution in [0.5, 0.6) is 5.75 Å². The second-order valence-electron chi connectivity index (χ2n) is 4.99. The largest absolute Gasteiger partial charge is 0.487 e. The molecule has 2 aromatic carbocycles. The molecule has 0 atom stereocenters. The van der Waals surface area contributed by atoms with Gasteiger partial charge in [-0.25, -0.2) is 9.78 Å². The van der Waals surface area contributed by atoms with E-state index >= 15 is 0 Å². The summed E-state index contributed by atoms with van der Waals surface area (Å²) < 4.78 is 5.80. The monoisotopic (exact) mass is 305 g/mol. The maximum atomic E-state index is 10.7. The molecule has 3 rings (SSSR count). The molecule has 4 nitrogen and oxygen atoms in total. The second-order valence-corrected chi connectivity index (χ2v) is 4.99. The SMILES string of the molecule is O=C(O)/C=C/c1ccccc1OCc1ccc2ccccc2n1. The Morgan fingerprint density at radius 2 is 1.83 bits per heavy atom. The predicted molar refractivity (Wildman–Crippen MR) is 89.2 cm³/mol. The lowest BCUT2D eigenvalue weighted by Gasteiger charge is -2.09. The highest BCUT2D eigenvalue weighted by Crippen LogP contribution is 2.21. The lowest BCUT2D eigenvalue weighted by molar-refractivity contribution is -0.131. The van der Waals surface area contributed by atoms with Crippen molar-refractivity contribution in [2.75, 3.05) is 0 Å². The number of carbonyl (C=O) groups is 1. The molecule has 0 bridgehead atoms. The Morgan fingerprint density at radius 1 is 1.04 bits per heavy atom. The molecule has 0 radical (unpaired) electrons. The molecule has 4 heteroatoms. The van der Waals surface area contributed by atoms with E-state index in [4.69, 9.17) is 9.84 Å². The molecule has 1 N–H and O–H groups in total. The van der Waals surface area contributed by atoms with Gasteiger partial charge in [-0.1, -0.05) is 42.5 Å². The summed E-state index contributed by atoms with van der Waals surface area (Å²) >= 11 is 0. The fraction of sp³-hybridized carbons (Fsp3) is 0.0526. The number of benzene rings is 2. The molecule has 0 fully saturated rings. The van der Waals surface area contributed by atoms with Crippen molar-refractivity contribution >= 4 is 22.9 Å². The number of fused-ring (bicyclic) bond motifs is 1. The van der Waals surface area contributed by atoms with Crippen molar-refractivity contribution < 1.29 is 14.6 Å². The van der Waals surface area contributed by atoms with E-state index in [0.29, 0.717) is 12.4 Å². The predicted octanol–water partition coefficient (Wildman–Crippen LogP) is 3.91. The van der Waals surface area contributed by atoms with Crippen LogP contribution in [-0.4, -0.2) is 16.1 Å². The van der Waals surface area contributed by atoms with Crippen LogP contribution in [0.1, 0.15) is 11.3 Å². The number of rotatable bonds is 5. The Kier molecular flexibility index (Phi) is 4.34. The molecule has 3 aromatic rings. The average Bonchev–Trinajstić information content (AvgIpc) is 2.58. The summed E-state index contributed by atoms with van der Waals surface area (Å²) in [6.45, 7) is 0.322. The van der Waals surface area contributed by atoms with Crippen molar-refractivity contribution in [1.29, 1.82) is 0 Å². The van der Waals surface area contributed by atoms with Crippen LogP contribution in [0.15, 0.2) is 66.7 Å². The standard InChI is InChI=1S/C19H15NO3/c21-19(22)12-10-15-6-2-4-8-18(15)23-13-16-11-9-14-5-1-3-7-17(14)20-16/h1-12H,13H2,(H,21,22)/b12-10+. The quantitative estimate of drug-likeness (QED) is 0.726. The lowest BCUT2D eigenvalue weighted by atomic mass is 10.2. The summed E-state index contributed by atoms with van der Waals surface area (Å²) in [6.07, 6.45) is 2.61. The summed E-state index contributed by atoms with van der Waals surface area (Å²) in [5.41, 5.74) is 2.46. The summed E-state index contributed by atoms with van der Waals surface area (Å²) in [5, 5.41) is 9.82. The van der Waals surface area contributed by atoms with Crippen LogP contribution in [0.25, 0.3) is 17.0 Å². The first-order valence-corrected chi connectivity index (χ1v) is 7.20. The topological polar surface area (TPSA) is 59.4 Å². The van der Waals surface area contributed by atoms with Gasteiger partial charge in [-0.2, -0.15) is 0 Å². The van der Waals surface area contributed by atoms with E-state index in [2.05, 4.69) is 4.98 Å². The van der Waals surface area contributed by atoms with E-state index in [1.165, 1.54) is 6.08 Å². The Labute approximate surface area is 133 Å². The van der Waals surface area contributed by atoms with Gasteiger partial charge in [0.2, 0.25) is 0 Å². The van der Waals surface area contributed by atoms with Crippen LogP contribution in [-0.2, 0) is 11.4 Å². The van der Waals surface area contributed by atoms with Crippen LogP contribution in [0.4, 0.5) is 0 Å². The van der Waals surface area contributed by atoms with Crippen molar-refractivity contribution in [3.8, 4) is 5.75 Å². The highest BCUT2D eigenvalue weighted by atomic mass is 16.5. The summed E-state index contributed by atoms with van der Waals surface area (Å²) in [6, 6.07) is 19.1. The van der Waals surface area contributed by atoms with Crippen LogP contribution in [0.2, 0.25) is 0 Å². The number of hydrogen-bond acceptors (Lipinski definition) is 3. The molecular formula is C19H15NO3. The van der Waals surface area contributed by atoms with Gasteiger partial charge in [0.05, 0.1) is 11.2 Å². The van der Waals surface area contributed by atoms with Gasteiger partial charge in [0, 0.05) is 17.0 Å². The Morgan fingerprint density at radius 3 is 2.70 bits per heavy atom. The van der Waals surface area contributed by atoms with Crippen molar-refractivity contribution in [1.82, 2.24) is 4.98 Å². The third-order valence-corrected chi connectivity index (χ3v) is 3.36. The highest BCUT2D eigenvalue weighted by Gasteiger charge is 2.03. The smallest absolute Gasteiger partial charge is 0.328 e. The van der Waals surface area contributed by atoms with Gasteiger partial charge in [-0.3, -0.25) is 0 Å². The van der Waals surface area contributed by atoms with E-state index in [-0.39, 0.29) is 0 Å². The minimum Gasteiger partial charge on any atom is -0.487 e. The minimum atomic E-state index is -0.990. The molecule has 0 unspecified atom stereocenters. The Hall–Kier alpha value is -3.14. The number of ether oxygens (including phenoxy) is 1. The zero-order chi connectivity index (χ0) is 16.1. The van der Waals surface area contributed by atoms with Gasteiger partial charge >= 0.3 is 5.97 Å². The van der Waals surface area contributed by atoms with Gasteiger partial charge < -0.3 is 9.84 Å². The fourth-order valence-corrected chi connectivity index (χ4v) is 2.25. The molecular weight excluding hydrogens is 290 g/mol. The third kappa shape index (κ3) is 3.74. The Balaban J connectivity index is 1.78. The molecule has 0 saturated carbocycles. The first-order valence-electron chi connectivity index (χ1n) is 7.20. The normalized spacial score (nSPS) is 11.0. The maximum absolute atomic E-state index is 10.7. The van der Waals surface area contributed by atoms with E-state index in [1.54, 1.807) is 0 Å². The van der Waals surface area contributed by atoms with Crippen molar-refractivity contribution in [3.63, 3.8) is 0 Å². The minimum absolute atomic E-state index is 0.322. The van der Waals surface area contributed by atoms with Gasteiger partial charge in [0.25, 0.3) is 0 Å². The van der Waals surface area contributed by atoms with Crippen molar-refractivity contribution in [2.45, 2.75) is 6.61 Å². The zero-order valence-electron chi connectivity index (χ0n) is 12.3. The number of carboxylic acid groups (broad SMARTS) is 1. The molecule has 0 aliphatic rings. The molecule has 0 aliphatic carbocycles. The average molecular weight is 305 g/mol. The van der Waals surface area contributed by atoms with E-state index in [9.17, 15) is 4.79 Å². The number of carboxylic acids is 1. The summed E-state index contributed by atoms with van der Waals surface area (Å²) in [7, 11) is 0. The van der Waals surface area contributed by atoms with E-state index in [1.807, 2.05) is 60.7 Å². The first-order chi connectivity index (χ1) is 11.2. The van der Waals surface area contributed by atoms with Crippen LogP contribution < -0.4 is 4.74 Å². The molecule has 0 spiro atoms. The molecule has 0 aliphatic heterocycles. The number of para-hydroxylation sites is 2. The molecule has 1 heterocycles. The molecule has 23 heavy (non-hydrogen) atoms. The number of pyridine rings is 1. The van der Waals surface area contributed by atoms with Crippen LogP contribution in [0.3, 0.4) is 0 Å². The second kappa shape index (κ2) is 6.75. The molecule has 1 aromatic heterocycles. The van der Waals surface area contributed by atoms with E-state index < -0.39 is 5.97 Å². The number of nitrogens with zero attached hydrogens (tertiary/aromatic N) is 1. The van der Waals surface area contributed by atoms with Crippen molar-refractivity contribution in [2.24, 2.45) is 0 Å². The molecule has 0 amide bonds. The molecule has 114 valence electrons. The zero-order valence-corrected chi connectivity index (χ0v) is 12.3. The fourth-order valence-electron chi connectivity index (χ4n) is 2.25. The van der Waals surface area contributed by atoms with Gasteiger partial charge in [0.1, 0.15) is 12.4 Å². The van der Waals surface area contributed by atoms with Crippen LogP contribution in [0, 0.1) is 0 Å². The molecule has 0 saturated heterocycles. The number of aliphatic carboxylic acids is 1. The number of aromatic nitrogens is 1. The van der Waals surface area contributed by atoms with Gasteiger partial charge in [-0.15, -0.1) is 0 Å². The maximum Gasteiger partial charge on any atom is 0.328 e. The number of hydrogen-bond donors (Lipinski definition) is 1. The van der Waals surface area contributed by atoms with Gasteiger partial charge in [0.15, 0.2) is 0 Å². The highest BCUT2D eigenvalue weighted by molar-refractivity contribution is 5.85.